The molecular weight excluding hydrogens is 444 g/mol. The van der Waals surface area contributed by atoms with E-state index in [1.54, 1.807) is 41.9 Å². The van der Waals surface area contributed by atoms with Crippen LogP contribution in [0.4, 0.5) is 0 Å². The van der Waals surface area contributed by atoms with Crippen molar-refractivity contribution in [1.82, 2.24) is 9.88 Å². The van der Waals surface area contributed by atoms with Gasteiger partial charge in [0.25, 0.3) is 5.91 Å². The summed E-state index contributed by atoms with van der Waals surface area (Å²) in [6.07, 6.45) is 0.688. The number of hydrogen-bond acceptors (Lipinski definition) is 5. The number of furan rings is 1. The zero-order valence-corrected chi connectivity index (χ0v) is 18.7. The molecular formula is C25H23ClN2O5. The van der Waals surface area contributed by atoms with E-state index >= 15 is 0 Å². The van der Waals surface area contributed by atoms with Gasteiger partial charge in [0.2, 0.25) is 11.1 Å². The largest absolute Gasteiger partial charge is 0.442 e. The minimum Gasteiger partial charge on any atom is -0.442 e. The molecule has 2 N–H and O–H groups in total. The van der Waals surface area contributed by atoms with Crippen LogP contribution in [0.2, 0.25) is 5.02 Å². The van der Waals surface area contributed by atoms with Crippen LogP contribution in [0.5, 0.6) is 0 Å². The number of aliphatic hydroxyl groups is 1. The van der Waals surface area contributed by atoms with Crippen molar-refractivity contribution in [2.45, 2.75) is 19.3 Å². The highest BCUT2D eigenvalue weighted by Gasteiger charge is 2.18. The summed E-state index contributed by atoms with van der Waals surface area (Å²) < 4.78 is 12.9. The average Bonchev–Trinajstić information content (AvgIpc) is 3.26. The lowest BCUT2D eigenvalue weighted by Gasteiger charge is -2.10. The molecule has 0 bridgehead atoms. The molecule has 1 amide bonds. The number of carbonyl (C=O) groups is 1. The standard InChI is InChI=1S/C25H23ClN2O5/c1-28-13-21(24(31)27-12-16-7-9-18(26)10-8-16)23(30)20-11-19(33-25(20)28)14-32-15-22(29)17-5-3-2-4-6-17/h2-11,13,22,29H,12,14-15H2,1H3,(H,27,31). The Labute approximate surface area is 195 Å². The second kappa shape index (κ2) is 10.0. The quantitative estimate of drug-likeness (QED) is 0.410. The molecule has 7 nitrogen and oxygen atoms in total. The molecule has 8 heteroatoms. The maximum absolute atomic E-state index is 12.9. The molecule has 0 radical (unpaired) electrons. The highest BCUT2D eigenvalue weighted by molar-refractivity contribution is 6.30. The maximum atomic E-state index is 12.9. The number of halogens is 1. The van der Waals surface area contributed by atoms with Gasteiger partial charge in [-0.1, -0.05) is 54.1 Å². The summed E-state index contributed by atoms with van der Waals surface area (Å²) in [5, 5.41) is 13.9. The first-order valence-electron chi connectivity index (χ1n) is 10.4. The van der Waals surface area contributed by atoms with Crippen LogP contribution < -0.4 is 10.7 Å². The highest BCUT2D eigenvalue weighted by Crippen LogP contribution is 2.19. The molecule has 0 fully saturated rings. The number of carbonyl (C=O) groups excluding carboxylic acids is 1. The van der Waals surface area contributed by atoms with Crippen LogP contribution in [0.25, 0.3) is 11.1 Å². The number of hydrogen-bond donors (Lipinski definition) is 2. The fourth-order valence-corrected chi connectivity index (χ4v) is 3.59. The number of benzene rings is 2. The van der Waals surface area contributed by atoms with Crippen molar-refractivity contribution >= 4 is 28.6 Å². The molecule has 0 spiro atoms. The van der Waals surface area contributed by atoms with E-state index in [2.05, 4.69) is 5.32 Å². The molecule has 2 aromatic carbocycles. The molecule has 0 saturated carbocycles. The SMILES string of the molecule is Cn1cc(C(=O)NCc2ccc(Cl)cc2)c(=O)c2cc(COCC(O)c3ccccc3)oc21. The first kappa shape index (κ1) is 22.8. The van der Waals surface area contributed by atoms with Crippen molar-refractivity contribution in [2.75, 3.05) is 6.61 Å². The van der Waals surface area contributed by atoms with Gasteiger partial charge in [0.1, 0.15) is 24.0 Å². The van der Waals surface area contributed by atoms with E-state index in [0.29, 0.717) is 21.9 Å². The Balaban J connectivity index is 1.44. The summed E-state index contributed by atoms with van der Waals surface area (Å²) >= 11 is 5.88. The third kappa shape index (κ3) is 5.34. The number of rotatable bonds is 8. The molecule has 4 rings (SSSR count). The van der Waals surface area contributed by atoms with Crippen molar-refractivity contribution in [3.63, 3.8) is 0 Å². The van der Waals surface area contributed by atoms with Crippen molar-refractivity contribution in [1.29, 1.82) is 0 Å². The number of aromatic nitrogens is 1. The summed E-state index contributed by atoms with van der Waals surface area (Å²) in [6, 6.07) is 17.9. The number of nitrogens with zero attached hydrogens (tertiary/aromatic N) is 1. The monoisotopic (exact) mass is 466 g/mol. The van der Waals surface area contributed by atoms with Crippen LogP contribution in [0.1, 0.15) is 33.3 Å². The Kier molecular flexibility index (Phi) is 6.93. The van der Waals surface area contributed by atoms with E-state index < -0.39 is 17.4 Å². The van der Waals surface area contributed by atoms with Crippen LogP contribution in [-0.2, 0) is 24.9 Å². The molecule has 4 aromatic rings. The minimum absolute atomic E-state index is 0.0201. The van der Waals surface area contributed by atoms with Crippen LogP contribution in [0, 0.1) is 0 Å². The van der Waals surface area contributed by atoms with Gasteiger partial charge < -0.3 is 24.1 Å². The Hall–Kier alpha value is -3.39. The van der Waals surface area contributed by atoms with Gasteiger partial charge in [-0.2, -0.15) is 0 Å². The summed E-state index contributed by atoms with van der Waals surface area (Å²) in [7, 11) is 1.70. The molecule has 170 valence electrons. The molecule has 2 heterocycles. The van der Waals surface area contributed by atoms with E-state index in [4.69, 9.17) is 20.8 Å². The molecule has 1 atom stereocenters. The lowest BCUT2D eigenvalue weighted by atomic mass is 10.1. The molecule has 0 saturated heterocycles. The van der Waals surface area contributed by atoms with Crippen LogP contribution >= 0.6 is 11.6 Å². The lowest BCUT2D eigenvalue weighted by Crippen LogP contribution is -2.29. The Morgan fingerprint density at radius 3 is 2.64 bits per heavy atom. The minimum atomic E-state index is -0.766. The fourth-order valence-electron chi connectivity index (χ4n) is 3.47. The lowest BCUT2D eigenvalue weighted by molar-refractivity contribution is 0.0218. The number of pyridine rings is 1. The normalized spacial score (nSPS) is 12.1. The molecule has 0 aliphatic carbocycles. The first-order chi connectivity index (χ1) is 15.9. The van der Waals surface area contributed by atoms with Gasteiger partial charge >= 0.3 is 0 Å². The number of ether oxygens (including phenoxy) is 1. The van der Waals surface area contributed by atoms with Gasteiger partial charge in [-0.3, -0.25) is 9.59 Å². The second-order valence-corrected chi connectivity index (χ2v) is 8.10. The Morgan fingerprint density at radius 1 is 1.18 bits per heavy atom. The number of amides is 1. The van der Waals surface area contributed by atoms with Crippen molar-refractivity contribution < 1.29 is 19.1 Å². The van der Waals surface area contributed by atoms with Gasteiger partial charge in [-0.25, -0.2) is 0 Å². The molecule has 0 aliphatic rings. The predicted octanol–water partition coefficient (Wildman–Crippen LogP) is 3.97. The van der Waals surface area contributed by atoms with Crippen LogP contribution in [0.15, 0.2) is 76.1 Å². The molecule has 2 aromatic heterocycles. The van der Waals surface area contributed by atoms with Gasteiger partial charge in [0, 0.05) is 24.8 Å². The maximum Gasteiger partial charge on any atom is 0.257 e. The Bertz CT molecular complexity index is 1310. The zero-order valence-electron chi connectivity index (χ0n) is 18.0. The van der Waals surface area contributed by atoms with Crippen molar-refractivity contribution in [3.05, 3.63) is 105 Å². The summed E-state index contributed by atoms with van der Waals surface area (Å²) in [5.41, 5.74) is 1.56. The van der Waals surface area contributed by atoms with E-state index in [0.717, 1.165) is 11.1 Å². The zero-order chi connectivity index (χ0) is 23.4. The van der Waals surface area contributed by atoms with Crippen molar-refractivity contribution in [3.8, 4) is 0 Å². The number of fused-ring (bicyclic) bond motifs is 1. The fraction of sp³-hybridized carbons (Fsp3) is 0.200. The summed E-state index contributed by atoms with van der Waals surface area (Å²) in [6.45, 7) is 0.428. The van der Waals surface area contributed by atoms with E-state index in [-0.39, 0.29) is 25.3 Å². The smallest absolute Gasteiger partial charge is 0.257 e. The van der Waals surface area contributed by atoms with Gasteiger partial charge in [-0.15, -0.1) is 0 Å². The molecule has 33 heavy (non-hydrogen) atoms. The van der Waals surface area contributed by atoms with Crippen LogP contribution in [-0.4, -0.2) is 22.2 Å². The number of nitrogens with one attached hydrogen (secondary N) is 1. The summed E-state index contributed by atoms with van der Waals surface area (Å²) in [5.74, 6) is -0.0471. The van der Waals surface area contributed by atoms with E-state index in [1.165, 1.54) is 6.20 Å². The molecule has 0 aliphatic heterocycles. The third-order valence-corrected chi connectivity index (χ3v) is 5.46. The first-order valence-corrected chi connectivity index (χ1v) is 10.8. The predicted molar refractivity (Wildman–Crippen MR) is 125 cm³/mol. The van der Waals surface area contributed by atoms with Gasteiger partial charge in [0.15, 0.2) is 0 Å². The number of aliphatic hydroxyl groups excluding tert-OH is 1. The van der Waals surface area contributed by atoms with Crippen LogP contribution in [0.3, 0.4) is 0 Å². The molecule has 1 unspecified atom stereocenters. The summed E-state index contributed by atoms with van der Waals surface area (Å²) in [4.78, 5) is 25.6. The highest BCUT2D eigenvalue weighted by atomic mass is 35.5. The number of aryl methyl sites for hydroxylation is 1. The topological polar surface area (TPSA) is 93.7 Å². The van der Waals surface area contributed by atoms with Gasteiger partial charge in [-0.05, 0) is 29.3 Å². The Morgan fingerprint density at radius 2 is 1.91 bits per heavy atom. The van der Waals surface area contributed by atoms with Crippen molar-refractivity contribution in [2.24, 2.45) is 7.05 Å². The average molecular weight is 467 g/mol. The van der Waals surface area contributed by atoms with Gasteiger partial charge in [0.05, 0.1) is 12.0 Å². The van der Waals surface area contributed by atoms with E-state index in [9.17, 15) is 14.7 Å². The third-order valence-electron chi connectivity index (χ3n) is 5.21. The second-order valence-electron chi connectivity index (χ2n) is 7.67. The van der Waals surface area contributed by atoms with E-state index in [1.807, 2.05) is 30.3 Å².